The predicted octanol–water partition coefficient (Wildman–Crippen LogP) is 7.15. The SMILES string of the molecule is C=C1/C(=C\C=C2/CCC[C@]3(C)[C@@H]([C@H](C)/C=C/[C@H](O)C4(c5cc(CCCC)ccn5)CC4)CC[C@@H]23)C[C@@H](O)C[C@@H]1O. The topological polar surface area (TPSA) is 73.6 Å². The van der Waals surface area contributed by atoms with Gasteiger partial charge in [0.1, 0.15) is 0 Å². The van der Waals surface area contributed by atoms with E-state index in [1.54, 1.807) is 0 Å². The van der Waals surface area contributed by atoms with Crippen LogP contribution in [-0.2, 0) is 11.8 Å². The van der Waals surface area contributed by atoms with E-state index >= 15 is 0 Å². The first-order valence-electron chi connectivity index (χ1n) is 15.9. The van der Waals surface area contributed by atoms with Gasteiger partial charge >= 0.3 is 0 Å². The van der Waals surface area contributed by atoms with Crippen LogP contribution in [0.1, 0.15) is 103 Å². The average molecular weight is 546 g/mol. The smallest absolute Gasteiger partial charge is 0.0832 e. The van der Waals surface area contributed by atoms with E-state index in [0.717, 1.165) is 42.5 Å². The Kier molecular flexibility index (Phi) is 8.90. The van der Waals surface area contributed by atoms with Gasteiger partial charge in [-0.05, 0) is 116 Å². The van der Waals surface area contributed by atoms with Crippen LogP contribution in [0.5, 0.6) is 0 Å². The number of rotatable bonds is 9. The molecule has 4 fully saturated rings. The summed E-state index contributed by atoms with van der Waals surface area (Å²) in [6, 6.07) is 4.36. The van der Waals surface area contributed by atoms with Crippen LogP contribution in [0.3, 0.4) is 0 Å². The molecule has 0 aromatic carbocycles. The second-order valence-electron chi connectivity index (χ2n) is 13.7. The van der Waals surface area contributed by atoms with Crippen molar-refractivity contribution in [3.63, 3.8) is 0 Å². The Hall–Kier alpha value is -2.01. The van der Waals surface area contributed by atoms with E-state index in [9.17, 15) is 15.3 Å². The van der Waals surface area contributed by atoms with Gasteiger partial charge in [0.25, 0.3) is 0 Å². The van der Waals surface area contributed by atoms with Crippen LogP contribution in [0.2, 0.25) is 0 Å². The van der Waals surface area contributed by atoms with Crippen molar-refractivity contribution in [1.82, 2.24) is 4.98 Å². The summed E-state index contributed by atoms with van der Waals surface area (Å²) >= 11 is 0. The molecule has 5 rings (SSSR count). The lowest BCUT2D eigenvalue weighted by Gasteiger charge is -2.44. The van der Waals surface area contributed by atoms with Crippen molar-refractivity contribution in [2.45, 2.75) is 122 Å². The standard InChI is InChI=1S/C36H51NO3/c1-5-6-8-26-16-20-37-33(21-26)36(18-19-36)34(40)15-10-24(2)30-13-14-31-27(9-7-17-35(30,31)4)11-12-28-22-29(38)23-32(39)25(28)3/h10-12,15-16,20-21,24,29-32,34,38-40H,3,5-9,13-14,17-19,22-23H2,1-2,4H3/b15-10+,27-11+,28-12-/t24-,29-,30-,31+,32+,34+,35-/m1/s1. The molecule has 4 saturated carbocycles. The molecule has 0 radical (unpaired) electrons. The molecule has 0 amide bonds. The minimum atomic E-state index is -0.639. The predicted molar refractivity (Wildman–Crippen MR) is 163 cm³/mol. The second kappa shape index (κ2) is 12.1. The van der Waals surface area contributed by atoms with Crippen LogP contribution in [-0.4, -0.2) is 38.6 Å². The quantitative estimate of drug-likeness (QED) is 0.288. The molecule has 4 aliphatic carbocycles. The van der Waals surface area contributed by atoms with Crippen molar-refractivity contribution >= 4 is 0 Å². The van der Waals surface area contributed by atoms with Gasteiger partial charge in [-0.1, -0.05) is 63.6 Å². The monoisotopic (exact) mass is 545 g/mol. The van der Waals surface area contributed by atoms with Crippen molar-refractivity contribution in [3.05, 3.63) is 77.2 Å². The third kappa shape index (κ3) is 5.82. The normalized spacial score (nSPS) is 35.3. The minimum Gasteiger partial charge on any atom is -0.393 e. The number of aliphatic hydroxyl groups excluding tert-OH is 3. The number of aryl methyl sites for hydroxylation is 1. The summed E-state index contributed by atoms with van der Waals surface area (Å²) in [6.07, 6.45) is 21.6. The van der Waals surface area contributed by atoms with Crippen LogP contribution in [0.15, 0.2) is 65.9 Å². The molecule has 4 nitrogen and oxygen atoms in total. The maximum absolute atomic E-state index is 11.4. The fraction of sp³-hybridized carbons (Fsp3) is 0.639. The Morgan fingerprint density at radius 1 is 1.15 bits per heavy atom. The van der Waals surface area contributed by atoms with Crippen LogP contribution in [0, 0.1) is 23.2 Å². The molecule has 4 heteroatoms. The van der Waals surface area contributed by atoms with Gasteiger partial charge in [-0.3, -0.25) is 4.98 Å². The maximum Gasteiger partial charge on any atom is 0.0832 e. The summed E-state index contributed by atoms with van der Waals surface area (Å²) in [7, 11) is 0. The molecule has 0 unspecified atom stereocenters. The van der Waals surface area contributed by atoms with Crippen LogP contribution in [0.25, 0.3) is 0 Å². The van der Waals surface area contributed by atoms with Gasteiger partial charge < -0.3 is 15.3 Å². The molecule has 3 N–H and O–H groups in total. The lowest BCUT2D eigenvalue weighted by atomic mass is 9.61. The molecule has 0 aliphatic heterocycles. The number of hydrogen-bond donors (Lipinski definition) is 3. The summed E-state index contributed by atoms with van der Waals surface area (Å²) in [6.45, 7) is 11.2. The van der Waals surface area contributed by atoms with Gasteiger partial charge in [-0.15, -0.1) is 0 Å². The summed E-state index contributed by atoms with van der Waals surface area (Å²) in [5, 5.41) is 31.8. The zero-order chi connectivity index (χ0) is 28.5. The number of hydrogen-bond acceptors (Lipinski definition) is 4. The van der Waals surface area contributed by atoms with E-state index in [4.69, 9.17) is 4.98 Å². The Morgan fingerprint density at radius 2 is 1.95 bits per heavy atom. The van der Waals surface area contributed by atoms with Crippen molar-refractivity contribution in [2.24, 2.45) is 23.2 Å². The third-order valence-electron chi connectivity index (χ3n) is 11.0. The Bertz CT molecular complexity index is 1160. The number of fused-ring (bicyclic) bond motifs is 1. The Balaban J connectivity index is 1.27. The fourth-order valence-electron chi connectivity index (χ4n) is 8.33. The fourth-order valence-corrected chi connectivity index (χ4v) is 8.33. The van der Waals surface area contributed by atoms with Gasteiger partial charge in [-0.25, -0.2) is 0 Å². The molecule has 0 spiro atoms. The summed E-state index contributed by atoms with van der Waals surface area (Å²) in [4.78, 5) is 4.71. The summed E-state index contributed by atoms with van der Waals surface area (Å²) in [5.74, 6) is 1.57. The molecule has 218 valence electrons. The molecule has 1 aromatic heterocycles. The minimum absolute atomic E-state index is 0.209. The number of aromatic nitrogens is 1. The highest BCUT2D eigenvalue weighted by Gasteiger charge is 2.52. The zero-order valence-corrected chi connectivity index (χ0v) is 25.0. The summed E-state index contributed by atoms with van der Waals surface area (Å²) < 4.78 is 0. The maximum atomic E-state index is 11.4. The van der Waals surface area contributed by atoms with Gasteiger partial charge in [-0.2, -0.15) is 0 Å². The first-order chi connectivity index (χ1) is 19.2. The first-order valence-corrected chi connectivity index (χ1v) is 15.9. The van der Waals surface area contributed by atoms with Gasteiger partial charge in [0.2, 0.25) is 0 Å². The van der Waals surface area contributed by atoms with Crippen LogP contribution < -0.4 is 0 Å². The molecular formula is C36H51NO3. The van der Waals surface area contributed by atoms with E-state index in [0.29, 0.717) is 30.6 Å². The zero-order valence-electron chi connectivity index (χ0n) is 25.0. The average Bonchev–Trinajstić information content (AvgIpc) is 3.68. The molecule has 4 aliphatic rings. The Morgan fingerprint density at radius 3 is 2.70 bits per heavy atom. The van der Waals surface area contributed by atoms with Gasteiger partial charge in [0, 0.05) is 23.7 Å². The van der Waals surface area contributed by atoms with Gasteiger partial charge in [0.15, 0.2) is 0 Å². The van der Waals surface area contributed by atoms with Crippen molar-refractivity contribution < 1.29 is 15.3 Å². The Labute approximate surface area is 242 Å². The number of nitrogens with zero attached hydrogens (tertiary/aromatic N) is 1. The third-order valence-corrected chi connectivity index (χ3v) is 11.0. The van der Waals surface area contributed by atoms with Crippen molar-refractivity contribution in [1.29, 1.82) is 0 Å². The summed E-state index contributed by atoms with van der Waals surface area (Å²) in [5.41, 5.74) is 5.73. The van der Waals surface area contributed by atoms with Crippen molar-refractivity contribution in [3.8, 4) is 0 Å². The number of aliphatic hydroxyl groups is 3. The highest BCUT2D eigenvalue weighted by atomic mass is 16.3. The lowest BCUT2D eigenvalue weighted by Crippen LogP contribution is -2.35. The van der Waals surface area contributed by atoms with E-state index in [-0.39, 0.29) is 10.8 Å². The highest BCUT2D eigenvalue weighted by molar-refractivity contribution is 5.39. The van der Waals surface area contributed by atoms with E-state index in [2.05, 4.69) is 63.8 Å². The van der Waals surface area contributed by atoms with E-state index in [1.165, 1.54) is 49.7 Å². The molecule has 0 saturated heterocycles. The molecule has 1 heterocycles. The van der Waals surface area contributed by atoms with Crippen LogP contribution in [0.4, 0.5) is 0 Å². The highest BCUT2D eigenvalue weighted by Crippen LogP contribution is 2.60. The van der Waals surface area contributed by atoms with Crippen LogP contribution >= 0.6 is 0 Å². The number of allylic oxidation sites excluding steroid dienone is 4. The molecule has 0 bridgehead atoms. The van der Waals surface area contributed by atoms with E-state index < -0.39 is 18.3 Å². The molecular weight excluding hydrogens is 494 g/mol. The number of unbranched alkanes of at least 4 members (excludes halogenated alkanes) is 1. The molecule has 1 aromatic rings. The first kappa shape index (κ1) is 29.5. The van der Waals surface area contributed by atoms with Crippen molar-refractivity contribution in [2.75, 3.05) is 0 Å². The van der Waals surface area contributed by atoms with Gasteiger partial charge in [0.05, 0.1) is 18.3 Å². The second-order valence-corrected chi connectivity index (χ2v) is 13.7. The lowest BCUT2D eigenvalue weighted by molar-refractivity contribution is 0.0862. The molecule has 40 heavy (non-hydrogen) atoms. The largest absolute Gasteiger partial charge is 0.393 e. The van der Waals surface area contributed by atoms with E-state index in [1.807, 2.05) is 6.20 Å². The number of pyridine rings is 1. The molecule has 7 atom stereocenters.